The Morgan fingerprint density at radius 1 is 1.18 bits per heavy atom. The van der Waals surface area contributed by atoms with Crippen molar-refractivity contribution in [2.24, 2.45) is 0 Å². The molecule has 1 aromatic carbocycles. The highest BCUT2D eigenvalue weighted by molar-refractivity contribution is 9.11. The average molecular weight is 298 g/mol. The Kier molecular flexibility index (Phi) is 3.43. The molecule has 1 rings (SSSR count). The third kappa shape index (κ3) is 2.78. The Hall–Kier alpha value is 0.490. The molecule has 60 valence electrons. The highest BCUT2D eigenvalue weighted by atomic mass is 79.9. The maximum absolute atomic E-state index is 11.0. The minimum atomic E-state index is -0.910. The average Bonchev–Trinajstić information content (AvgIpc) is 1.85. The van der Waals surface area contributed by atoms with Gasteiger partial charge in [-0.2, -0.15) is 0 Å². The zero-order valence-corrected chi connectivity index (χ0v) is 9.79. The zero-order chi connectivity index (χ0) is 8.43. The number of benzene rings is 1. The number of rotatable bonds is 1. The Bertz CT molecular complexity index is 242. The standard InChI is InChI=1S/C7H6Br2OS/c1-11(10)7-3-5(8)2-6(9)4-7/h2-4H,1H3. The molecule has 4 heteroatoms. The molecule has 0 heterocycles. The van der Waals surface area contributed by atoms with Gasteiger partial charge in [-0.3, -0.25) is 0 Å². The van der Waals surface area contributed by atoms with Crippen molar-refractivity contribution in [3.8, 4) is 0 Å². The van der Waals surface area contributed by atoms with Gasteiger partial charge in [0.1, 0.15) is 6.26 Å². The molecule has 0 aliphatic rings. The summed E-state index contributed by atoms with van der Waals surface area (Å²) >= 11 is 5.72. The molecule has 0 spiro atoms. The van der Waals surface area contributed by atoms with Crippen LogP contribution in [0.3, 0.4) is 0 Å². The quantitative estimate of drug-likeness (QED) is 0.731. The molecule has 0 saturated heterocycles. The summed E-state index contributed by atoms with van der Waals surface area (Å²) in [5, 5.41) is 0. The SMILES string of the molecule is C[S+]([O-])c1cc(Br)cc(Br)c1. The van der Waals surface area contributed by atoms with Crippen molar-refractivity contribution in [3.05, 3.63) is 27.1 Å². The first-order chi connectivity index (χ1) is 5.09. The predicted molar refractivity (Wildman–Crippen MR) is 54.2 cm³/mol. The van der Waals surface area contributed by atoms with Gasteiger partial charge in [0, 0.05) is 21.1 Å². The molecular weight excluding hydrogens is 292 g/mol. The number of halogens is 2. The first-order valence-electron chi connectivity index (χ1n) is 2.89. The van der Waals surface area contributed by atoms with E-state index in [9.17, 15) is 4.55 Å². The van der Waals surface area contributed by atoms with E-state index in [-0.39, 0.29) is 0 Å². The van der Waals surface area contributed by atoms with E-state index in [0.29, 0.717) is 0 Å². The first kappa shape index (κ1) is 9.58. The van der Waals surface area contributed by atoms with Crippen LogP contribution in [0.2, 0.25) is 0 Å². The van der Waals surface area contributed by atoms with Gasteiger partial charge in [-0.1, -0.05) is 31.9 Å². The molecular formula is C7H6Br2OS. The van der Waals surface area contributed by atoms with Crippen molar-refractivity contribution >= 4 is 43.0 Å². The van der Waals surface area contributed by atoms with Crippen molar-refractivity contribution in [1.82, 2.24) is 0 Å². The van der Waals surface area contributed by atoms with Gasteiger partial charge in [-0.25, -0.2) is 0 Å². The van der Waals surface area contributed by atoms with Crippen molar-refractivity contribution < 1.29 is 4.55 Å². The lowest BCUT2D eigenvalue weighted by Crippen LogP contribution is -1.96. The van der Waals surface area contributed by atoms with E-state index < -0.39 is 11.2 Å². The van der Waals surface area contributed by atoms with Crippen LogP contribution in [0, 0.1) is 0 Å². The molecule has 1 nitrogen and oxygen atoms in total. The Morgan fingerprint density at radius 2 is 1.64 bits per heavy atom. The van der Waals surface area contributed by atoms with Crippen LogP contribution in [0.4, 0.5) is 0 Å². The smallest absolute Gasteiger partial charge is 0.154 e. The van der Waals surface area contributed by atoms with E-state index in [4.69, 9.17) is 0 Å². The normalized spacial score (nSPS) is 13.1. The fraction of sp³-hybridized carbons (Fsp3) is 0.143. The van der Waals surface area contributed by atoms with Gasteiger partial charge in [0.15, 0.2) is 4.90 Å². The summed E-state index contributed by atoms with van der Waals surface area (Å²) in [4.78, 5) is 0.825. The molecule has 0 fully saturated rings. The van der Waals surface area contributed by atoms with E-state index in [2.05, 4.69) is 31.9 Å². The summed E-state index contributed by atoms with van der Waals surface area (Å²) in [6.45, 7) is 0. The van der Waals surface area contributed by atoms with Gasteiger partial charge in [0.05, 0.1) is 0 Å². The van der Waals surface area contributed by atoms with Gasteiger partial charge in [0.2, 0.25) is 0 Å². The van der Waals surface area contributed by atoms with Gasteiger partial charge >= 0.3 is 0 Å². The van der Waals surface area contributed by atoms with E-state index in [1.165, 1.54) is 0 Å². The van der Waals surface area contributed by atoms with Crippen molar-refractivity contribution in [1.29, 1.82) is 0 Å². The van der Waals surface area contributed by atoms with Gasteiger partial charge < -0.3 is 4.55 Å². The van der Waals surface area contributed by atoms with Crippen LogP contribution in [0.1, 0.15) is 0 Å². The lowest BCUT2D eigenvalue weighted by atomic mass is 10.4. The van der Waals surface area contributed by atoms with Gasteiger partial charge in [-0.15, -0.1) is 0 Å². The summed E-state index contributed by atoms with van der Waals surface area (Å²) in [6, 6.07) is 5.61. The monoisotopic (exact) mass is 296 g/mol. The molecule has 0 bridgehead atoms. The molecule has 1 atom stereocenters. The minimum absolute atomic E-state index is 0.825. The highest BCUT2D eigenvalue weighted by Gasteiger charge is 2.05. The van der Waals surface area contributed by atoms with Crippen LogP contribution in [-0.2, 0) is 11.2 Å². The lowest BCUT2D eigenvalue weighted by molar-refractivity contribution is 0.600. The highest BCUT2D eigenvalue weighted by Crippen LogP contribution is 2.22. The number of hydrogen-bond acceptors (Lipinski definition) is 1. The summed E-state index contributed by atoms with van der Waals surface area (Å²) in [7, 11) is 0. The van der Waals surface area contributed by atoms with Crippen molar-refractivity contribution in [2.45, 2.75) is 4.90 Å². The van der Waals surface area contributed by atoms with Crippen LogP contribution in [0.15, 0.2) is 32.0 Å². The van der Waals surface area contributed by atoms with E-state index in [0.717, 1.165) is 13.8 Å². The first-order valence-corrected chi connectivity index (χ1v) is 6.03. The molecule has 0 radical (unpaired) electrons. The van der Waals surface area contributed by atoms with Crippen LogP contribution >= 0.6 is 31.9 Å². The van der Waals surface area contributed by atoms with Crippen LogP contribution in [0.5, 0.6) is 0 Å². The second-order valence-electron chi connectivity index (χ2n) is 2.06. The molecule has 0 aliphatic heterocycles. The van der Waals surface area contributed by atoms with E-state index >= 15 is 0 Å². The maximum Gasteiger partial charge on any atom is 0.154 e. The summed E-state index contributed by atoms with van der Waals surface area (Å²) < 4.78 is 12.9. The Morgan fingerprint density at radius 3 is 2.00 bits per heavy atom. The van der Waals surface area contributed by atoms with Crippen molar-refractivity contribution in [3.63, 3.8) is 0 Å². The molecule has 0 saturated carbocycles. The third-order valence-corrected chi connectivity index (χ3v) is 2.98. The molecule has 0 aromatic heterocycles. The topological polar surface area (TPSA) is 23.1 Å². The molecule has 11 heavy (non-hydrogen) atoms. The Labute approximate surface area is 85.6 Å². The van der Waals surface area contributed by atoms with Crippen molar-refractivity contribution in [2.75, 3.05) is 6.26 Å². The van der Waals surface area contributed by atoms with E-state index in [1.54, 1.807) is 6.26 Å². The fourth-order valence-electron chi connectivity index (χ4n) is 0.694. The van der Waals surface area contributed by atoms with Crippen LogP contribution < -0.4 is 0 Å². The fourth-order valence-corrected chi connectivity index (χ4v) is 2.88. The lowest BCUT2D eigenvalue weighted by Gasteiger charge is -2.04. The van der Waals surface area contributed by atoms with Crippen LogP contribution in [0.25, 0.3) is 0 Å². The zero-order valence-electron chi connectivity index (χ0n) is 5.80. The number of hydrogen-bond donors (Lipinski definition) is 0. The maximum atomic E-state index is 11.0. The second kappa shape index (κ2) is 3.94. The van der Waals surface area contributed by atoms with Gasteiger partial charge in [0.25, 0.3) is 0 Å². The Balaban J connectivity index is 3.08. The summed E-state index contributed by atoms with van der Waals surface area (Å²) in [5.41, 5.74) is 0. The molecule has 0 aliphatic carbocycles. The third-order valence-electron chi connectivity index (χ3n) is 1.17. The minimum Gasteiger partial charge on any atom is -0.612 e. The molecule has 0 N–H and O–H groups in total. The summed E-state index contributed by atoms with van der Waals surface area (Å²) in [5.74, 6) is 0. The molecule has 1 aromatic rings. The van der Waals surface area contributed by atoms with E-state index in [1.807, 2.05) is 18.2 Å². The summed E-state index contributed by atoms with van der Waals surface area (Å²) in [6.07, 6.45) is 1.66. The largest absolute Gasteiger partial charge is 0.612 e. The van der Waals surface area contributed by atoms with Gasteiger partial charge in [-0.05, 0) is 17.2 Å². The predicted octanol–water partition coefficient (Wildman–Crippen LogP) is 2.95. The van der Waals surface area contributed by atoms with Crippen LogP contribution in [-0.4, -0.2) is 10.8 Å². The molecule has 0 amide bonds. The second-order valence-corrected chi connectivity index (χ2v) is 5.27. The molecule has 1 unspecified atom stereocenters.